The summed E-state index contributed by atoms with van der Waals surface area (Å²) in [6.45, 7) is 2.08. The van der Waals surface area contributed by atoms with Crippen LogP contribution in [0, 0.1) is 16.2 Å². The van der Waals surface area contributed by atoms with Gasteiger partial charge in [-0.2, -0.15) is 0 Å². The van der Waals surface area contributed by atoms with Crippen molar-refractivity contribution in [3.05, 3.63) is 156 Å². The SMILES string of the molecule is CC1(C)COC(=O)[C@H](Cc2ccccc2)NC(=O)[C@H](CCCNC(=N)N)NC(=O)[C@@H](Cc2ccc3ccccc3c2)NC(=O)[C@H](CCCNC(=N)N)NC(=O)[C@@H](Cc2ccccc2)NC(=O)[C@H](CCCN=C(N)N)NC(=O)[C@H](CCC(N)=O)NC(=O)C[C@@H](CCc2ccccc2)NC(=O)[C@@H]2CCCCN2C(=O)C1=O. The van der Waals surface area contributed by atoms with Gasteiger partial charge in [-0.25, -0.2) is 4.79 Å². The van der Waals surface area contributed by atoms with Gasteiger partial charge in [0.25, 0.3) is 5.91 Å². The van der Waals surface area contributed by atoms with Crippen molar-refractivity contribution in [2.24, 2.45) is 39.1 Å². The number of rotatable bonds is 24. The van der Waals surface area contributed by atoms with Crippen LogP contribution >= 0.6 is 0 Å². The molecular weight excluding hydrogens is 1400 g/mol. The minimum absolute atomic E-state index is 0.0234. The highest BCUT2D eigenvalue weighted by Crippen LogP contribution is 2.26. The lowest BCUT2D eigenvalue weighted by Gasteiger charge is -2.36. The lowest BCUT2D eigenvalue weighted by Crippen LogP contribution is -2.60. The number of aliphatic imine (C=N–C) groups is 1. The van der Waals surface area contributed by atoms with Crippen LogP contribution in [0.5, 0.6) is 0 Å². The number of cyclic esters (lactones) is 1. The first-order valence-corrected chi connectivity index (χ1v) is 36.7. The zero-order valence-electron chi connectivity index (χ0n) is 61.5. The van der Waals surface area contributed by atoms with Crippen LogP contribution in [-0.2, 0) is 88.0 Å². The second-order valence-corrected chi connectivity index (χ2v) is 27.9. The molecule has 2 saturated heterocycles. The van der Waals surface area contributed by atoms with Crippen molar-refractivity contribution < 1.29 is 62.3 Å². The van der Waals surface area contributed by atoms with Gasteiger partial charge >= 0.3 is 5.97 Å². The van der Waals surface area contributed by atoms with E-state index in [1.807, 2.05) is 66.7 Å². The average molecular weight is 1500 g/mol. The largest absolute Gasteiger partial charge is 0.463 e. The van der Waals surface area contributed by atoms with E-state index in [-0.39, 0.29) is 115 Å². The number of Topliss-reactive ketones (excluding diaryl/α,β-unsaturated/α-hetero) is 1. The zero-order chi connectivity index (χ0) is 79.0. The molecule has 2 fully saturated rings. The Morgan fingerprint density at radius 1 is 0.505 bits per heavy atom. The van der Waals surface area contributed by atoms with Crippen LogP contribution in [0.1, 0.15) is 120 Å². The molecule has 7 rings (SSSR count). The quantitative estimate of drug-likeness (QED) is 0.0128. The van der Waals surface area contributed by atoms with E-state index in [0.717, 1.165) is 21.2 Å². The van der Waals surface area contributed by atoms with Crippen LogP contribution in [-0.4, -0.2) is 181 Å². The summed E-state index contributed by atoms with van der Waals surface area (Å²) in [6, 6.07) is 26.1. The van der Waals surface area contributed by atoms with Crippen LogP contribution in [0.15, 0.2) is 138 Å². The molecule has 109 heavy (non-hydrogen) atoms. The molecule has 9 atom stereocenters. The molecule has 32 nitrogen and oxygen atoms in total. The maximum absolute atomic E-state index is 15.3. The van der Waals surface area contributed by atoms with Gasteiger partial charge in [-0.05, 0) is 124 Å². The normalized spacial score (nSPS) is 22.1. The highest BCUT2D eigenvalue weighted by molar-refractivity contribution is 6.38. The molecule has 0 saturated carbocycles. The molecule has 2 aliphatic rings. The molecular formula is C77H103N19O13. The van der Waals surface area contributed by atoms with Crippen molar-refractivity contribution >= 4 is 99.5 Å². The van der Waals surface area contributed by atoms with E-state index >= 15 is 24.0 Å². The Balaban J connectivity index is 1.33. The fourth-order valence-electron chi connectivity index (χ4n) is 12.7. The Hall–Kier alpha value is -12.0. The maximum atomic E-state index is 15.3. The number of nitrogens with two attached hydrogens (primary N) is 5. The topological polar surface area (TPSA) is 528 Å². The van der Waals surface area contributed by atoms with Gasteiger partial charge in [-0.15, -0.1) is 0 Å². The Labute approximate surface area is 632 Å². The van der Waals surface area contributed by atoms with Gasteiger partial charge in [0.2, 0.25) is 58.9 Å². The number of primary amides is 1. The molecule has 32 heteroatoms. The van der Waals surface area contributed by atoms with Gasteiger partial charge in [0.1, 0.15) is 54.9 Å². The number of guanidine groups is 3. The third-order valence-corrected chi connectivity index (χ3v) is 18.7. The molecule has 584 valence electrons. The summed E-state index contributed by atoms with van der Waals surface area (Å²) < 4.78 is 5.88. The highest BCUT2D eigenvalue weighted by atomic mass is 16.5. The second kappa shape index (κ2) is 42.4. The van der Waals surface area contributed by atoms with Crippen molar-refractivity contribution in [1.82, 2.24) is 58.1 Å². The van der Waals surface area contributed by atoms with Gasteiger partial charge in [0.15, 0.2) is 17.9 Å². The van der Waals surface area contributed by atoms with Crippen molar-refractivity contribution in [3.8, 4) is 0 Å². The first-order valence-electron chi connectivity index (χ1n) is 36.7. The van der Waals surface area contributed by atoms with E-state index in [0.29, 0.717) is 36.0 Å². The first-order chi connectivity index (χ1) is 52.1. The van der Waals surface area contributed by atoms with E-state index in [1.54, 1.807) is 66.7 Å². The number of nitrogens with one attached hydrogen (secondary N) is 12. The summed E-state index contributed by atoms with van der Waals surface area (Å²) in [4.78, 5) is 182. The van der Waals surface area contributed by atoms with Crippen LogP contribution in [0.4, 0.5) is 0 Å². The first kappa shape index (κ1) is 84.3. The molecule has 0 radical (unpaired) electrons. The lowest BCUT2D eigenvalue weighted by molar-refractivity contribution is -0.159. The van der Waals surface area contributed by atoms with Crippen LogP contribution in [0.3, 0.4) is 0 Å². The number of hydrogen-bond donors (Lipinski definition) is 17. The summed E-state index contributed by atoms with van der Waals surface area (Å²) in [7, 11) is 0. The maximum Gasteiger partial charge on any atom is 0.329 e. The van der Waals surface area contributed by atoms with Crippen LogP contribution in [0.25, 0.3) is 10.8 Å². The molecule has 5 aromatic rings. The Bertz CT molecular complexity index is 4030. The fraction of sp³-hybridized carbons (Fsp3) is 0.442. The number of ether oxygens (including phenoxy) is 1. The number of carbonyl (C=O) groups excluding carboxylic acids is 12. The molecule has 0 spiro atoms. The zero-order valence-corrected chi connectivity index (χ0v) is 61.5. The number of piperidine rings is 1. The van der Waals surface area contributed by atoms with E-state index in [1.165, 1.54) is 13.8 Å². The summed E-state index contributed by atoms with van der Waals surface area (Å²) in [5.41, 5.74) is 29.0. The van der Waals surface area contributed by atoms with Crippen molar-refractivity contribution in [2.75, 3.05) is 32.8 Å². The fourth-order valence-corrected chi connectivity index (χ4v) is 12.7. The van der Waals surface area contributed by atoms with Crippen molar-refractivity contribution in [3.63, 3.8) is 0 Å². The lowest BCUT2D eigenvalue weighted by atomic mass is 9.87. The molecule has 0 bridgehead atoms. The summed E-state index contributed by atoms with van der Waals surface area (Å²) in [5, 5.41) is 44.8. The number of carbonyl (C=O) groups is 12. The number of esters is 1. The monoisotopic (exact) mass is 1500 g/mol. The minimum Gasteiger partial charge on any atom is -0.463 e. The summed E-state index contributed by atoms with van der Waals surface area (Å²) >= 11 is 0. The Morgan fingerprint density at radius 2 is 0.963 bits per heavy atom. The van der Waals surface area contributed by atoms with Gasteiger partial charge in [0, 0.05) is 64.3 Å². The van der Waals surface area contributed by atoms with Gasteiger partial charge in [0.05, 0.1) is 5.41 Å². The average Bonchev–Trinajstić information content (AvgIpc) is 0.830. The third-order valence-electron chi connectivity index (χ3n) is 18.7. The molecule has 0 unspecified atom stereocenters. The summed E-state index contributed by atoms with van der Waals surface area (Å²) in [5.74, 6) is -12.0. The van der Waals surface area contributed by atoms with Crippen LogP contribution in [0.2, 0.25) is 0 Å². The number of benzene rings is 5. The van der Waals surface area contributed by atoms with Gasteiger partial charge in [-0.3, -0.25) is 68.6 Å². The molecule has 5 aromatic carbocycles. The standard InChI is InChI=1S/C77H103N19O13/c1-77(2)46-109-73(108)60(43-49-23-10-5-11-24-49)95-67(102)56(29-18-39-87-76(83)84)92-70(105)59(44-50-31-33-51-25-12-13-26-52(51)41-50)94-66(101)55(28-17-38-86-75(81)82)91-69(104)58(42-48-21-8-4-9-22-48)93-65(100)54(27-16-37-85-74(79)80)90-68(103)57(35-36-62(78)97)89-63(98)45-53(34-32-47-19-6-3-7-20-47)88-71(106)61-30-14-15-40-96(61)72(107)64(77)99/h3-13,19-26,31,33,41,53-61H,14-18,27-30,32,34-40,42-46H2,1-2H3,(H2,78,97)(H,88,106)(H,89,98)(H,90,103)(H,91,104)(H,92,105)(H,93,100)(H,94,101)(H,95,102)(H4,79,80,85)(H4,81,82,86)(H4,83,84,87)/t53-,54+,55+,56+,57+,58-,59-,60+,61+/m1/s1. The Morgan fingerprint density at radius 3 is 1.49 bits per heavy atom. The number of fused-ring (bicyclic) bond motifs is 2. The predicted octanol–water partition coefficient (Wildman–Crippen LogP) is 0.148. The number of ketones is 1. The van der Waals surface area contributed by atoms with E-state index < -0.39 is 156 Å². The molecule has 0 aromatic heterocycles. The van der Waals surface area contributed by atoms with Gasteiger partial charge < -0.3 is 91.5 Å². The highest BCUT2D eigenvalue weighted by Gasteiger charge is 2.43. The van der Waals surface area contributed by atoms with Crippen molar-refractivity contribution in [2.45, 2.75) is 177 Å². The van der Waals surface area contributed by atoms with Crippen LogP contribution < -0.4 is 81.8 Å². The number of amides is 10. The molecule has 2 heterocycles. The number of nitrogens with zero attached hydrogens (tertiary/aromatic N) is 2. The molecule has 0 aliphatic carbocycles. The van der Waals surface area contributed by atoms with E-state index in [2.05, 4.69) is 58.2 Å². The molecule has 2 aliphatic heterocycles. The van der Waals surface area contributed by atoms with Gasteiger partial charge in [-0.1, -0.05) is 133 Å². The second-order valence-electron chi connectivity index (χ2n) is 27.9. The molecule has 22 N–H and O–H groups in total. The third kappa shape index (κ3) is 28.0. The Kier molecular flexibility index (Phi) is 32.8. The number of aryl methyl sites for hydroxylation is 1. The molecule has 10 amide bonds. The summed E-state index contributed by atoms with van der Waals surface area (Å²) in [6.07, 6.45) is -0.715. The minimum atomic E-state index is -1.75. The van der Waals surface area contributed by atoms with Crippen molar-refractivity contribution in [1.29, 1.82) is 10.8 Å². The van der Waals surface area contributed by atoms with E-state index in [4.69, 9.17) is 44.2 Å². The number of hydrogen-bond acceptors (Lipinski definition) is 16. The smallest absolute Gasteiger partial charge is 0.329 e. The predicted molar refractivity (Wildman–Crippen MR) is 409 cm³/mol. The van der Waals surface area contributed by atoms with E-state index in [9.17, 15) is 33.6 Å².